The lowest BCUT2D eigenvalue weighted by Gasteiger charge is -2.29. The molecule has 1 aromatic heterocycles. The summed E-state index contributed by atoms with van der Waals surface area (Å²) in [4.78, 5) is 4.29. The van der Waals surface area contributed by atoms with E-state index in [1.54, 1.807) is 6.20 Å². The van der Waals surface area contributed by atoms with Crippen molar-refractivity contribution in [3.05, 3.63) is 18.3 Å². The maximum atomic E-state index is 9.59. The maximum absolute atomic E-state index is 9.59. The summed E-state index contributed by atoms with van der Waals surface area (Å²) in [7, 11) is 0. The van der Waals surface area contributed by atoms with Crippen LogP contribution in [0.5, 0.6) is 0 Å². The molecule has 2 rings (SSSR count). The van der Waals surface area contributed by atoms with Crippen molar-refractivity contribution in [3.63, 3.8) is 0 Å². The number of aromatic nitrogens is 1. The molecule has 0 unspecified atom stereocenters. The van der Waals surface area contributed by atoms with E-state index in [0.717, 1.165) is 37.3 Å². The van der Waals surface area contributed by atoms with Crippen molar-refractivity contribution < 1.29 is 5.11 Å². The lowest BCUT2D eigenvalue weighted by Crippen LogP contribution is -2.39. The number of aliphatic hydroxyl groups is 1. The van der Waals surface area contributed by atoms with Crippen LogP contribution in [0.15, 0.2) is 18.3 Å². The molecule has 0 radical (unpaired) electrons. The van der Waals surface area contributed by atoms with Crippen molar-refractivity contribution in [2.24, 2.45) is 0 Å². The van der Waals surface area contributed by atoms with Gasteiger partial charge in [-0.05, 0) is 25.3 Å². The van der Waals surface area contributed by atoms with Gasteiger partial charge in [0.05, 0.1) is 12.1 Å². The predicted molar refractivity (Wildman–Crippen MR) is 74.9 cm³/mol. The Morgan fingerprint density at radius 3 is 2.83 bits per heavy atom. The van der Waals surface area contributed by atoms with Crippen LogP contribution in [0.25, 0.3) is 0 Å². The Balaban J connectivity index is 2.04. The van der Waals surface area contributed by atoms with Gasteiger partial charge in [-0.1, -0.05) is 19.8 Å². The first-order valence-electron chi connectivity index (χ1n) is 6.87. The lowest BCUT2D eigenvalue weighted by molar-refractivity contribution is 0.214. The Morgan fingerprint density at radius 1 is 1.39 bits per heavy atom. The summed E-state index contributed by atoms with van der Waals surface area (Å²) in [5, 5.41) is 16.4. The first kappa shape index (κ1) is 13.1. The summed E-state index contributed by atoms with van der Waals surface area (Å²) < 4.78 is 0. The van der Waals surface area contributed by atoms with Gasteiger partial charge >= 0.3 is 0 Å². The smallest absolute Gasteiger partial charge is 0.127 e. The van der Waals surface area contributed by atoms with Gasteiger partial charge in [-0.2, -0.15) is 0 Å². The molecule has 1 aliphatic rings. The molecule has 1 heterocycles. The minimum atomic E-state index is -0.122. The quantitative estimate of drug-likeness (QED) is 0.725. The van der Waals surface area contributed by atoms with Crippen LogP contribution in [0.3, 0.4) is 0 Å². The number of pyridine rings is 1. The Bertz CT molecular complexity index is 375. The number of aliphatic hydroxyl groups excluding tert-OH is 1. The van der Waals surface area contributed by atoms with Gasteiger partial charge in [-0.15, -0.1) is 0 Å². The third-order valence-electron chi connectivity index (χ3n) is 3.59. The Hall–Kier alpha value is -1.29. The monoisotopic (exact) mass is 249 g/mol. The van der Waals surface area contributed by atoms with Crippen molar-refractivity contribution in [2.75, 3.05) is 23.8 Å². The molecule has 18 heavy (non-hydrogen) atoms. The second-order valence-corrected chi connectivity index (χ2v) is 5.13. The first-order valence-corrected chi connectivity index (χ1v) is 6.87. The highest BCUT2D eigenvalue weighted by molar-refractivity contribution is 5.53. The van der Waals surface area contributed by atoms with E-state index in [2.05, 4.69) is 22.5 Å². The van der Waals surface area contributed by atoms with Gasteiger partial charge < -0.3 is 15.7 Å². The fourth-order valence-corrected chi connectivity index (χ4v) is 2.54. The number of hydrogen-bond acceptors (Lipinski definition) is 4. The molecule has 1 aliphatic carbocycles. The van der Waals surface area contributed by atoms with E-state index in [0.29, 0.717) is 0 Å². The van der Waals surface area contributed by atoms with Gasteiger partial charge in [0.25, 0.3) is 0 Å². The molecule has 0 aromatic carbocycles. The second-order valence-electron chi connectivity index (χ2n) is 5.13. The minimum Gasteiger partial charge on any atom is -0.394 e. The molecule has 0 saturated heterocycles. The number of rotatable bonds is 6. The van der Waals surface area contributed by atoms with Gasteiger partial charge in [-0.3, -0.25) is 0 Å². The topological polar surface area (TPSA) is 57.2 Å². The zero-order valence-corrected chi connectivity index (χ0v) is 11.1. The van der Waals surface area contributed by atoms with E-state index in [1.165, 1.54) is 12.8 Å². The van der Waals surface area contributed by atoms with Gasteiger partial charge in [-0.25, -0.2) is 4.98 Å². The number of nitrogens with one attached hydrogen (secondary N) is 2. The molecule has 0 spiro atoms. The molecule has 4 nitrogen and oxygen atoms in total. The van der Waals surface area contributed by atoms with Crippen LogP contribution in [-0.4, -0.2) is 28.8 Å². The molecular weight excluding hydrogens is 226 g/mol. The van der Waals surface area contributed by atoms with Crippen LogP contribution < -0.4 is 10.6 Å². The van der Waals surface area contributed by atoms with Crippen LogP contribution >= 0.6 is 0 Å². The number of nitrogens with zero attached hydrogens (tertiary/aromatic N) is 1. The van der Waals surface area contributed by atoms with Crippen molar-refractivity contribution in [1.82, 2.24) is 4.98 Å². The third-order valence-corrected chi connectivity index (χ3v) is 3.59. The molecule has 1 saturated carbocycles. The summed E-state index contributed by atoms with van der Waals surface area (Å²) in [5.41, 5.74) is 0.920. The molecular formula is C14H23N3O. The van der Waals surface area contributed by atoms with Crippen LogP contribution in [0, 0.1) is 0 Å². The maximum Gasteiger partial charge on any atom is 0.127 e. The zero-order chi connectivity index (χ0) is 12.8. The average Bonchev–Trinajstić information content (AvgIpc) is 2.86. The predicted octanol–water partition coefficient (Wildman–Crippen LogP) is 2.62. The largest absolute Gasteiger partial charge is 0.394 e. The molecule has 3 N–H and O–H groups in total. The SMILES string of the molecule is CCCNc1cc(NC2(CO)CCCC2)ccn1. The Kier molecular flexibility index (Phi) is 4.42. The molecule has 0 aliphatic heterocycles. The van der Waals surface area contributed by atoms with Crippen LogP contribution in [0.1, 0.15) is 39.0 Å². The highest BCUT2D eigenvalue weighted by atomic mass is 16.3. The van der Waals surface area contributed by atoms with Crippen molar-refractivity contribution >= 4 is 11.5 Å². The Labute approximate surface area is 109 Å². The van der Waals surface area contributed by atoms with Crippen molar-refractivity contribution in [3.8, 4) is 0 Å². The van der Waals surface area contributed by atoms with E-state index in [1.807, 2.05) is 12.1 Å². The number of hydrogen-bond donors (Lipinski definition) is 3. The standard InChI is InChI=1S/C14H23N3O/c1-2-8-15-13-10-12(5-9-16-13)17-14(11-18)6-3-4-7-14/h5,9-10,18H,2-4,6-8,11H2,1H3,(H2,15,16,17). The van der Waals surface area contributed by atoms with Crippen molar-refractivity contribution in [2.45, 2.75) is 44.6 Å². The Morgan fingerprint density at radius 2 is 2.17 bits per heavy atom. The van der Waals surface area contributed by atoms with Crippen LogP contribution in [0.2, 0.25) is 0 Å². The van der Waals surface area contributed by atoms with Gasteiger partial charge in [0.15, 0.2) is 0 Å². The summed E-state index contributed by atoms with van der Waals surface area (Å²) >= 11 is 0. The van der Waals surface area contributed by atoms with Crippen LogP contribution in [0.4, 0.5) is 11.5 Å². The molecule has 0 bridgehead atoms. The van der Waals surface area contributed by atoms with E-state index < -0.39 is 0 Å². The van der Waals surface area contributed by atoms with E-state index in [4.69, 9.17) is 0 Å². The summed E-state index contributed by atoms with van der Waals surface area (Å²) in [6.45, 7) is 3.27. The number of anilines is 2. The van der Waals surface area contributed by atoms with Crippen molar-refractivity contribution in [1.29, 1.82) is 0 Å². The summed E-state index contributed by atoms with van der Waals surface area (Å²) in [6.07, 6.45) is 7.37. The van der Waals surface area contributed by atoms with E-state index in [9.17, 15) is 5.11 Å². The van der Waals surface area contributed by atoms with Gasteiger partial charge in [0.2, 0.25) is 0 Å². The highest BCUT2D eigenvalue weighted by Crippen LogP contribution is 2.32. The van der Waals surface area contributed by atoms with Crippen LogP contribution in [-0.2, 0) is 0 Å². The molecule has 4 heteroatoms. The highest BCUT2D eigenvalue weighted by Gasteiger charge is 2.32. The third kappa shape index (κ3) is 3.13. The second kappa shape index (κ2) is 6.05. The minimum absolute atomic E-state index is 0.122. The molecule has 0 amide bonds. The molecule has 0 atom stereocenters. The fourth-order valence-electron chi connectivity index (χ4n) is 2.54. The van der Waals surface area contributed by atoms with Gasteiger partial charge in [0, 0.05) is 24.5 Å². The van der Waals surface area contributed by atoms with E-state index in [-0.39, 0.29) is 12.1 Å². The zero-order valence-electron chi connectivity index (χ0n) is 11.1. The molecule has 1 aromatic rings. The molecule has 1 fully saturated rings. The fraction of sp³-hybridized carbons (Fsp3) is 0.643. The van der Waals surface area contributed by atoms with Gasteiger partial charge in [0.1, 0.15) is 5.82 Å². The average molecular weight is 249 g/mol. The first-order chi connectivity index (χ1) is 8.78. The summed E-state index contributed by atoms with van der Waals surface area (Å²) in [5.74, 6) is 0.896. The van der Waals surface area contributed by atoms with E-state index >= 15 is 0 Å². The normalized spacial score (nSPS) is 17.7. The summed E-state index contributed by atoms with van der Waals surface area (Å²) in [6, 6.07) is 3.98. The lowest BCUT2D eigenvalue weighted by atomic mass is 9.98. The molecule has 100 valence electrons.